The van der Waals surface area contributed by atoms with Gasteiger partial charge in [-0.25, -0.2) is 9.37 Å². The van der Waals surface area contributed by atoms with Gasteiger partial charge in [0.2, 0.25) is 11.7 Å². The lowest BCUT2D eigenvalue weighted by atomic mass is 10.3. The summed E-state index contributed by atoms with van der Waals surface area (Å²) in [6.07, 6.45) is 1.33. The summed E-state index contributed by atoms with van der Waals surface area (Å²) in [5, 5.41) is 0.378. The fraction of sp³-hybridized carbons (Fsp3) is 0.0833. The van der Waals surface area contributed by atoms with Crippen molar-refractivity contribution in [3.63, 3.8) is 0 Å². The first-order chi connectivity index (χ1) is 9.01. The summed E-state index contributed by atoms with van der Waals surface area (Å²) >= 11 is 14.6. The van der Waals surface area contributed by atoms with Crippen LogP contribution in [0.2, 0.25) is 5.02 Å². The monoisotopic (exact) mass is 367 g/mol. The van der Waals surface area contributed by atoms with Gasteiger partial charge in [-0.2, -0.15) is 4.39 Å². The largest absolute Gasteiger partial charge is 0.436 e. The minimum atomic E-state index is -1.09. The minimum absolute atomic E-state index is 0.0800. The van der Waals surface area contributed by atoms with E-state index in [9.17, 15) is 8.78 Å². The molecule has 1 aromatic carbocycles. The van der Waals surface area contributed by atoms with E-state index in [1.807, 2.05) is 0 Å². The predicted molar refractivity (Wildman–Crippen MR) is 72.9 cm³/mol. The number of ether oxygens (including phenoxy) is 1. The minimum Gasteiger partial charge on any atom is -0.436 e. The smallest absolute Gasteiger partial charge is 0.219 e. The first kappa shape index (κ1) is 14.5. The van der Waals surface area contributed by atoms with E-state index in [0.717, 1.165) is 6.07 Å². The van der Waals surface area contributed by atoms with Gasteiger partial charge in [0, 0.05) is 22.6 Å². The standard InChI is InChI=1S/C12H6BrCl2F2NO/c13-7-2-9(16)12(17)10(3-7)19-11-1-6(4-14)8(15)5-18-11/h1-3,5H,4H2. The van der Waals surface area contributed by atoms with Crippen LogP contribution in [0, 0.1) is 11.6 Å². The second-order valence-corrected chi connectivity index (χ2v) is 5.14. The summed E-state index contributed by atoms with van der Waals surface area (Å²) < 4.78 is 32.3. The first-order valence-corrected chi connectivity index (χ1v) is 6.74. The zero-order chi connectivity index (χ0) is 14.0. The van der Waals surface area contributed by atoms with Gasteiger partial charge in [0.15, 0.2) is 11.6 Å². The van der Waals surface area contributed by atoms with Gasteiger partial charge in [-0.15, -0.1) is 11.6 Å². The molecule has 0 fully saturated rings. The van der Waals surface area contributed by atoms with Crippen molar-refractivity contribution in [1.82, 2.24) is 4.98 Å². The molecule has 0 radical (unpaired) electrons. The zero-order valence-corrected chi connectivity index (χ0v) is 12.4. The Balaban J connectivity index is 2.36. The van der Waals surface area contributed by atoms with Crippen molar-refractivity contribution >= 4 is 39.1 Å². The highest BCUT2D eigenvalue weighted by atomic mass is 79.9. The van der Waals surface area contributed by atoms with Crippen molar-refractivity contribution in [2.75, 3.05) is 0 Å². The molecule has 0 aliphatic carbocycles. The van der Waals surface area contributed by atoms with Gasteiger partial charge >= 0.3 is 0 Å². The molecule has 0 bridgehead atoms. The van der Waals surface area contributed by atoms with Crippen LogP contribution in [-0.2, 0) is 5.88 Å². The molecule has 0 spiro atoms. The summed E-state index contributed by atoms with van der Waals surface area (Å²) in [6.45, 7) is 0. The Hall–Kier alpha value is -0.910. The van der Waals surface area contributed by atoms with Crippen LogP contribution in [0.25, 0.3) is 0 Å². The molecule has 100 valence electrons. The second kappa shape index (κ2) is 6.03. The number of halogens is 5. The van der Waals surface area contributed by atoms with Crippen LogP contribution in [0.1, 0.15) is 5.56 Å². The first-order valence-electron chi connectivity index (χ1n) is 5.04. The average molecular weight is 369 g/mol. The zero-order valence-electron chi connectivity index (χ0n) is 9.26. The van der Waals surface area contributed by atoms with Gasteiger partial charge in [0.05, 0.1) is 5.02 Å². The van der Waals surface area contributed by atoms with Crippen LogP contribution in [0.3, 0.4) is 0 Å². The number of hydrogen-bond acceptors (Lipinski definition) is 2. The molecule has 19 heavy (non-hydrogen) atoms. The molecule has 1 aromatic heterocycles. The Kier molecular flexibility index (Phi) is 4.60. The SMILES string of the molecule is Fc1cc(Br)cc(Oc2cc(CCl)c(Cl)cn2)c1F. The summed E-state index contributed by atoms with van der Waals surface area (Å²) in [6, 6.07) is 3.77. The van der Waals surface area contributed by atoms with Gasteiger partial charge in [-0.05, 0) is 17.7 Å². The van der Waals surface area contributed by atoms with E-state index >= 15 is 0 Å². The van der Waals surface area contributed by atoms with Gasteiger partial charge in [0.25, 0.3) is 0 Å². The molecule has 0 saturated heterocycles. The third kappa shape index (κ3) is 3.35. The van der Waals surface area contributed by atoms with Crippen molar-refractivity contribution in [1.29, 1.82) is 0 Å². The molecule has 0 aliphatic rings. The molecule has 0 atom stereocenters. The Morgan fingerprint density at radius 3 is 2.68 bits per heavy atom. The Morgan fingerprint density at radius 1 is 1.26 bits per heavy atom. The van der Waals surface area contributed by atoms with Gasteiger partial charge in [0.1, 0.15) is 0 Å². The molecule has 2 nitrogen and oxygen atoms in total. The molecule has 7 heteroatoms. The number of pyridine rings is 1. The normalized spacial score (nSPS) is 10.6. The lowest BCUT2D eigenvalue weighted by Gasteiger charge is -2.08. The molecule has 0 saturated carbocycles. The second-order valence-electron chi connectivity index (χ2n) is 3.55. The molecular formula is C12H6BrCl2F2NO. The highest BCUT2D eigenvalue weighted by Crippen LogP contribution is 2.30. The van der Waals surface area contributed by atoms with Crippen molar-refractivity contribution in [2.24, 2.45) is 0 Å². The maximum atomic E-state index is 13.5. The van der Waals surface area contributed by atoms with E-state index in [4.69, 9.17) is 27.9 Å². The van der Waals surface area contributed by atoms with E-state index in [2.05, 4.69) is 20.9 Å². The maximum Gasteiger partial charge on any atom is 0.219 e. The number of rotatable bonds is 3. The summed E-state index contributed by atoms with van der Waals surface area (Å²) in [4.78, 5) is 3.87. The van der Waals surface area contributed by atoms with E-state index in [-0.39, 0.29) is 17.5 Å². The Morgan fingerprint density at radius 2 is 2.00 bits per heavy atom. The third-order valence-electron chi connectivity index (χ3n) is 2.23. The van der Waals surface area contributed by atoms with Crippen LogP contribution in [0.15, 0.2) is 28.9 Å². The average Bonchev–Trinajstić information content (AvgIpc) is 2.37. The molecule has 0 N–H and O–H groups in total. The van der Waals surface area contributed by atoms with E-state index in [0.29, 0.717) is 15.1 Å². The lowest BCUT2D eigenvalue weighted by molar-refractivity contribution is 0.404. The van der Waals surface area contributed by atoms with E-state index in [1.165, 1.54) is 18.3 Å². The van der Waals surface area contributed by atoms with Crippen LogP contribution >= 0.6 is 39.1 Å². The van der Waals surface area contributed by atoms with Crippen molar-refractivity contribution in [2.45, 2.75) is 5.88 Å². The molecule has 2 rings (SSSR count). The number of hydrogen-bond donors (Lipinski definition) is 0. The van der Waals surface area contributed by atoms with Gasteiger partial charge in [-0.3, -0.25) is 0 Å². The van der Waals surface area contributed by atoms with E-state index < -0.39 is 11.6 Å². The highest BCUT2D eigenvalue weighted by Gasteiger charge is 2.13. The predicted octanol–water partition coefficient (Wildman–Crippen LogP) is 5.31. The summed E-state index contributed by atoms with van der Waals surface area (Å²) in [5.74, 6) is -2.14. The number of aromatic nitrogens is 1. The van der Waals surface area contributed by atoms with Crippen LogP contribution in [0.4, 0.5) is 8.78 Å². The Bertz CT molecular complexity index is 625. The summed E-state index contributed by atoms with van der Waals surface area (Å²) in [5.41, 5.74) is 0.587. The maximum absolute atomic E-state index is 13.5. The van der Waals surface area contributed by atoms with E-state index in [1.54, 1.807) is 0 Å². The molecule has 0 aliphatic heterocycles. The van der Waals surface area contributed by atoms with Crippen molar-refractivity contribution in [3.05, 3.63) is 51.1 Å². The molecule has 0 unspecified atom stereocenters. The highest BCUT2D eigenvalue weighted by molar-refractivity contribution is 9.10. The molecule has 2 aromatic rings. The Labute approximate surface area is 126 Å². The van der Waals surface area contributed by atoms with Crippen LogP contribution in [0.5, 0.6) is 11.6 Å². The summed E-state index contributed by atoms with van der Waals surface area (Å²) in [7, 11) is 0. The number of benzene rings is 1. The lowest BCUT2D eigenvalue weighted by Crippen LogP contribution is -1.95. The number of alkyl halides is 1. The molecule has 0 amide bonds. The topological polar surface area (TPSA) is 22.1 Å². The third-order valence-corrected chi connectivity index (χ3v) is 3.31. The van der Waals surface area contributed by atoms with Crippen LogP contribution < -0.4 is 4.74 Å². The van der Waals surface area contributed by atoms with Gasteiger partial charge in [-0.1, -0.05) is 27.5 Å². The van der Waals surface area contributed by atoms with Crippen LogP contribution in [-0.4, -0.2) is 4.98 Å². The fourth-order valence-electron chi connectivity index (χ4n) is 1.34. The van der Waals surface area contributed by atoms with Crippen molar-refractivity contribution in [3.8, 4) is 11.6 Å². The van der Waals surface area contributed by atoms with Gasteiger partial charge < -0.3 is 4.74 Å². The molecule has 1 heterocycles. The fourth-order valence-corrected chi connectivity index (χ4v) is 2.20. The number of nitrogens with zero attached hydrogens (tertiary/aromatic N) is 1. The molecular weight excluding hydrogens is 363 g/mol. The quantitative estimate of drug-likeness (QED) is 0.541. The van der Waals surface area contributed by atoms with Crippen molar-refractivity contribution < 1.29 is 13.5 Å².